The minimum Gasteiger partial charge on any atom is -0.492 e. The van der Waals surface area contributed by atoms with Crippen LogP contribution < -0.4 is 15.4 Å². The molecule has 1 amide bonds. The van der Waals surface area contributed by atoms with Gasteiger partial charge in [-0.15, -0.1) is 0 Å². The number of carbonyl (C=O) groups excluding carboxylic acids is 1. The molecule has 2 aromatic carbocycles. The smallest absolute Gasteiger partial charge is 0.251 e. The first-order chi connectivity index (χ1) is 13.5. The molecule has 0 aliphatic heterocycles. The number of aliphatic imine (C=N–C) groups is 1. The average molecular weight is 403 g/mol. The lowest BCUT2D eigenvalue weighted by molar-refractivity contribution is 0.0963. The molecule has 0 saturated carbocycles. The predicted molar refractivity (Wildman–Crippen MR) is 114 cm³/mol. The van der Waals surface area contributed by atoms with Gasteiger partial charge in [-0.25, -0.2) is 4.99 Å². The zero-order valence-corrected chi connectivity index (χ0v) is 17.3. The molecular formula is C21H27ClN4O2. The molecule has 28 heavy (non-hydrogen) atoms. The molecule has 2 N–H and O–H groups in total. The lowest BCUT2D eigenvalue weighted by Gasteiger charge is -2.22. The van der Waals surface area contributed by atoms with Crippen molar-refractivity contribution in [3.8, 4) is 5.75 Å². The molecule has 0 radical (unpaired) electrons. The van der Waals surface area contributed by atoms with Crippen molar-refractivity contribution in [3.63, 3.8) is 0 Å². The fraction of sp³-hybridized carbons (Fsp3) is 0.333. The lowest BCUT2D eigenvalue weighted by Crippen LogP contribution is -2.40. The molecule has 6 nitrogen and oxygen atoms in total. The third-order valence-electron chi connectivity index (χ3n) is 4.06. The number of benzene rings is 2. The number of nitrogens with zero attached hydrogens (tertiary/aromatic N) is 2. The van der Waals surface area contributed by atoms with Crippen LogP contribution in [0.2, 0.25) is 5.02 Å². The van der Waals surface area contributed by atoms with Crippen molar-refractivity contribution in [2.24, 2.45) is 4.99 Å². The Bertz CT molecular complexity index is 776. The highest BCUT2D eigenvalue weighted by molar-refractivity contribution is 6.30. The van der Waals surface area contributed by atoms with E-state index in [1.54, 1.807) is 19.2 Å². The van der Waals surface area contributed by atoms with Gasteiger partial charge in [0.2, 0.25) is 0 Å². The van der Waals surface area contributed by atoms with E-state index in [4.69, 9.17) is 16.3 Å². The molecule has 0 fully saturated rings. The van der Waals surface area contributed by atoms with Crippen LogP contribution in [0.15, 0.2) is 53.5 Å². The average Bonchev–Trinajstić information content (AvgIpc) is 2.72. The number of hydrogen-bond donors (Lipinski definition) is 2. The maximum absolute atomic E-state index is 11.6. The summed E-state index contributed by atoms with van der Waals surface area (Å²) in [6.07, 6.45) is 0. The summed E-state index contributed by atoms with van der Waals surface area (Å²) in [5, 5.41) is 6.59. The summed E-state index contributed by atoms with van der Waals surface area (Å²) in [6, 6.07) is 14.8. The second kappa shape index (κ2) is 11.2. The van der Waals surface area contributed by atoms with Gasteiger partial charge in [-0.05, 0) is 48.9 Å². The minimum absolute atomic E-state index is 0.0937. The van der Waals surface area contributed by atoms with Crippen LogP contribution in [-0.4, -0.2) is 50.6 Å². The third-order valence-corrected chi connectivity index (χ3v) is 4.31. The van der Waals surface area contributed by atoms with Crippen LogP contribution in [0.4, 0.5) is 0 Å². The first-order valence-electron chi connectivity index (χ1n) is 9.22. The number of nitrogens with one attached hydrogen (secondary N) is 2. The van der Waals surface area contributed by atoms with Gasteiger partial charge in [-0.3, -0.25) is 4.79 Å². The molecule has 0 spiro atoms. The Morgan fingerprint density at radius 2 is 1.82 bits per heavy atom. The molecule has 0 bridgehead atoms. The Morgan fingerprint density at radius 1 is 1.14 bits per heavy atom. The van der Waals surface area contributed by atoms with Crippen LogP contribution in [-0.2, 0) is 6.54 Å². The molecule has 2 rings (SSSR count). The Labute approximate surface area is 171 Å². The summed E-state index contributed by atoms with van der Waals surface area (Å²) >= 11 is 5.88. The molecule has 0 saturated heterocycles. The van der Waals surface area contributed by atoms with Gasteiger partial charge >= 0.3 is 0 Å². The zero-order valence-electron chi connectivity index (χ0n) is 16.5. The summed E-state index contributed by atoms with van der Waals surface area (Å²) in [7, 11) is 3.59. The molecule has 150 valence electrons. The number of halogens is 1. The highest BCUT2D eigenvalue weighted by atomic mass is 35.5. The Morgan fingerprint density at radius 3 is 2.43 bits per heavy atom. The predicted octanol–water partition coefficient (Wildman–Crippen LogP) is 3.18. The fourth-order valence-electron chi connectivity index (χ4n) is 2.48. The monoisotopic (exact) mass is 402 g/mol. The molecular weight excluding hydrogens is 376 g/mol. The number of ether oxygens (including phenoxy) is 1. The van der Waals surface area contributed by atoms with E-state index in [0.717, 1.165) is 23.8 Å². The molecule has 0 atom stereocenters. The van der Waals surface area contributed by atoms with Crippen molar-refractivity contribution in [2.45, 2.75) is 13.5 Å². The Hall–Kier alpha value is -2.73. The quantitative estimate of drug-likeness (QED) is 0.525. The highest BCUT2D eigenvalue weighted by Crippen LogP contribution is 2.15. The molecule has 0 heterocycles. The molecule has 0 aliphatic carbocycles. The van der Waals surface area contributed by atoms with Crippen LogP contribution in [0.5, 0.6) is 5.75 Å². The highest BCUT2D eigenvalue weighted by Gasteiger charge is 2.07. The van der Waals surface area contributed by atoms with Gasteiger partial charge in [0.25, 0.3) is 5.91 Å². The summed E-state index contributed by atoms with van der Waals surface area (Å²) in [5.74, 6) is 1.50. The van der Waals surface area contributed by atoms with E-state index in [2.05, 4.69) is 15.6 Å². The summed E-state index contributed by atoms with van der Waals surface area (Å²) < 4.78 is 5.75. The Kier molecular flexibility index (Phi) is 8.62. The van der Waals surface area contributed by atoms with Gasteiger partial charge in [0, 0.05) is 31.2 Å². The largest absolute Gasteiger partial charge is 0.492 e. The van der Waals surface area contributed by atoms with Gasteiger partial charge in [-0.2, -0.15) is 0 Å². The van der Waals surface area contributed by atoms with E-state index in [1.165, 1.54) is 0 Å². The third kappa shape index (κ3) is 6.78. The van der Waals surface area contributed by atoms with Crippen LogP contribution >= 0.6 is 11.6 Å². The first-order valence-corrected chi connectivity index (χ1v) is 9.60. The number of amides is 1. The second-order valence-electron chi connectivity index (χ2n) is 6.17. The van der Waals surface area contributed by atoms with E-state index in [0.29, 0.717) is 30.3 Å². The number of guanidine groups is 1. The van der Waals surface area contributed by atoms with E-state index in [-0.39, 0.29) is 5.91 Å². The van der Waals surface area contributed by atoms with Crippen molar-refractivity contribution in [1.82, 2.24) is 15.5 Å². The van der Waals surface area contributed by atoms with Crippen molar-refractivity contribution in [2.75, 3.05) is 33.8 Å². The van der Waals surface area contributed by atoms with E-state index < -0.39 is 0 Å². The topological polar surface area (TPSA) is 66.0 Å². The normalized spacial score (nSPS) is 11.1. The van der Waals surface area contributed by atoms with Crippen molar-refractivity contribution in [1.29, 1.82) is 0 Å². The molecule has 0 aromatic heterocycles. The fourth-order valence-corrected chi connectivity index (χ4v) is 2.60. The molecule has 0 unspecified atom stereocenters. The van der Waals surface area contributed by atoms with Gasteiger partial charge in [0.15, 0.2) is 5.96 Å². The van der Waals surface area contributed by atoms with E-state index in [1.807, 2.05) is 55.3 Å². The van der Waals surface area contributed by atoms with Crippen molar-refractivity contribution >= 4 is 23.5 Å². The van der Waals surface area contributed by atoms with Gasteiger partial charge in [-0.1, -0.05) is 23.7 Å². The van der Waals surface area contributed by atoms with Crippen LogP contribution in [0.25, 0.3) is 0 Å². The SMILES string of the molecule is CCNC(=NCc1ccc(C(=O)NC)cc1)N(C)CCOc1ccc(Cl)cc1. The summed E-state index contributed by atoms with van der Waals surface area (Å²) in [4.78, 5) is 18.3. The maximum Gasteiger partial charge on any atom is 0.251 e. The maximum atomic E-state index is 11.6. The van der Waals surface area contributed by atoms with E-state index in [9.17, 15) is 4.79 Å². The number of carbonyl (C=O) groups is 1. The van der Waals surface area contributed by atoms with Crippen molar-refractivity contribution < 1.29 is 9.53 Å². The van der Waals surface area contributed by atoms with Crippen LogP contribution in [0.1, 0.15) is 22.8 Å². The summed E-state index contributed by atoms with van der Waals surface area (Å²) in [6.45, 7) is 4.55. The zero-order chi connectivity index (χ0) is 20.4. The minimum atomic E-state index is -0.0937. The number of likely N-dealkylation sites (N-methyl/N-ethyl adjacent to an activating group) is 1. The molecule has 2 aromatic rings. The van der Waals surface area contributed by atoms with Gasteiger partial charge < -0.3 is 20.3 Å². The summed E-state index contributed by atoms with van der Waals surface area (Å²) in [5.41, 5.74) is 1.67. The first kappa shape index (κ1) is 21.6. The number of rotatable bonds is 8. The van der Waals surface area contributed by atoms with Crippen LogP contribution in [0.3, 0.4) is 0 Å². The standard InChI is InChI=1S/C21H27ClN4O2/c1-4-24-21(25-15-16-5-7-17(8-6-16)20(27)23-2)26(3)13-14-28-19-11-9-18(22)10-12-19/h5-12H,4,13-15H2,1-3H3,(H,23,27)(H,24,25). The number of hydrogen-bond acceptors (Lipinski definition) is 3. The van der Waals surface area contributed by atoms with Gasteiger partial charge in [0.05, 0.1) is 13.1 Å². The molecule has 0 aliphatic rings. The lowest BCUT2D eigenvalue weighted by atomic mass is 10.1. The van der Waals surface area contributed by atoms with Crippen LogP contribution in [0, 0.1) is 0 Å². The van der Waals surface area contributed by atoms with Crippen molar-refractivity contribution in [3.05, 3.63) is 64.7 Å². The Balaban J connectivity index is 1.90. The second-order valence-corrected chi connectivity index (χ2v) is 6.61. The van der Waals surface area contributed by atoms with E-state index >= 15 is 0 Å². The molecule has 7 heteroatoms. The van der Waals surface area contributed by atoms with Gasteiger partial charge in [0.1, 0.15) is 12.4 Å².